The summed E-state index contributed by atoms with van der Waals surface area (Å²) in [5.41, 5.74) is 9.79. The van der Waals surface area contributed by atoms with Gasteiger partial charge < -0.3 is 39.5 Å². The van der Waals surface area contributed by atoms with E-state index in [0.717, 1.165) is 16.7 Å². The molecule has 0 spiro atoms. The Labute approximate surface area is 383 Å². The minimum Gasteiger partial charge on any atom is -0.493 e. The summed E-state index contributed by atoms with van der Waals surface area (Å²) >= 11 is 12.0. The molecule has 0 saturated carbocycles. The van der Waals surface area contributed by atoms with Crippen LogP contribution < -0.4 is 39.5 Å². The Morgan fingerprint density at radius 1 is 0.571 bits per heavy atom. The Kier molecular flexibility index (Phi) is 17.7. The molecule has 6 aromatic rings. The van der Waals surface area contributed by atoms with Crippen molar-refractivity contribution in [3.05, 3.63) is 149 Å². The van der Waals surface area contributed by atoms with Crippen molar-refractivity contribution in [1.82, 2.24) is 0 Å². The minimum absolute atomic E-state index is 0.00528. The number of nitrogen functional groups attached to an aromatic ring is 1. The molecule has 0 aromatic heterocycles. The second-order valence-electron chi connectivity index (χ2n) is 12.5. The molecule has 0 saturated heterocycles. The molecule has 0 aliphatic carbocycles. The fraction of sp³-hybridized carbons (Fsp3) is 0.136. The molecule has 6 rings (SSSR count). The van der Waals surface area contributed by atoms with Crippen molar-refractivity contribution >= 4 is 77.4 Å². The first-order valence-corrected chi connectivity index (χ1v) is 20.0. The number of hydrogen-bond acceptors (Lipinski definition) is 13. The number of nitrogens with two attached hydrogens (primary N) is 1. The van der Waals surface area contributed by atoms with Crippen molar-refractivity contribution < 1.29 is 47.9 Å². The number of carbonyl (C=O) groups is 2. The summed E-state index contributed by atoms with van der Waals surface area (Å²) in [5.74, 6) is 2.63. The van der Waals surface area contributed by atoms with Gasteiger partial charge in [0.05, 0.1) is 63.9 Å². The van der Waals surface area contributed by atoms with E-state index < -0.39 is 21.0 Å². The van der Waals surface area contributed by atoms with Gasteiger partial charge in [-0.05, 0) is 109 Å². The summed E-state index contributed by atoms with van der Waals surface area (Å²) < 4.78 is 33.5. The number of nitrogens with one attached hydrogen (secondary N) is 1. The van der Waals surface area contributed by atoms with Crippen molar-refractivity contribution in [2.45, 2.75) is 0 Å². The molecular formula is C44H39Br2ClN4O12. The van der Waals surface area contributed by atoms with Crippen LogP contribution in [-0.4, -0.2) is 63.7 Å². The zero-order valence-corrected chi connectivity index (χ0v) is 38.3. The third-order valence-corrected chi connectivity index (χ3v) is 10.5. The maximum atomic E-state index is 12.8. The van der Waals surface area contributed by atoms with Crippen LogP contribution >= 0.6 is 43.5 Å². The van der Waals surface area contributed by atoms with Gasteiger partial charge in [0.15, 0.2) is 23.0 Å². The number of benzene rings is 6. The first kappa shape index (κ1) is 48.8. The minimum atomic E-state index is -0.522. The number of ether oxygens (including phenoxy) is 6. The van der Waals surface area contributed by atoms with Gasteiger partial charge in [-0.25, -0.2) is 0 Å². The Hall–Kier alpha value is -6.89. The van der Waals surface area contributed by atoms with E-state index in [1.165, 1.54) is 51.7 Å². The van der Waals surface area contributed by atoms with Crippen LogP contribution in [0.2, 0.25) is 0 Å². The lowest BCUT2D eigenvalue weighted by Gasteiger charge is -2.16. The fourth-order valence-corrected chi connectivity index (χ4v) is 6.57. The van der Waals surface area contributed by atoms with Crippen LogP contribution in [0.25, 0.3) is 22.3 Å². The molecule has 0 radical (unpaired) electrons. The highest BCUT2D eigenvalue weighted by Gasteiger charge is 2.20. The monoisotopic (exact) mass is 1010 g/mol. The summed E-state index contributed by atoms with van der Waals surface area (Å²) in [6, 6.07) is 29.5. The van der Waals surface area contributed by atoms with Crippen molar-refractivity contribution in [3.8, 4) is 56.8 Å². The normalized spacial score (nSPS) is 10.1. The average molecular weight is 1010 g/mol. The van der Waals surface area contributed by atoms with Gasteiger partial charge in [-0.15, -0.1) is 0 Å². The van der Waals surface area contributed by atoms with Crippen molar-refractivity contribution in [3.63, 3.8) is 0 Å². The van der Waals surface area contributed by atoms with Crippen LogP contribution in [0.5, 0.6) is 34.5 Å². The van der Waals surface area contributed by atoms with Gasteiger partial charge >= 0.3 is 0 Å². The number of nitro groups is 2. The molecule has 0 heterocycles. The summed E-state index contributed by atoms with van der Waals surface area (Å²) in [4.78, 5) is 44.3. The Morgan fingerprint density at radius 3 is 1.44 bits per heavy atom. The van der Waals surface area contributed by atoms with E-state index in [1.807, 2.05) is 24.3 Å². The van der Waals surface area contributed by atoms with Crippen molar-refractivity contribution in [2.75, 3.05) is 53.7 Å². The summed E-state index contributed by atoms with van der Waals surface area (Å²) in [6.07, 6.45) is 0. The lowest BCUT2D eigenvalue weighted by Crippen LogP contribution is -2.12. The maximum Gasteiger partial charge on any atom is 0.271 e. The van der Waals surface area contributed by atoms with Gasteiger partial charge in [0.25, 0.3) is 22.5 Å². The van der Waals surface area contributed by atoms with E-state index in [-0.39, 0.29) is 11.4 Å². The lowest BCUT2D eigenvalue weighted by atomic mass is 10.0. The number of amides is 1. The van der Waals surface area contributed by atoms with Crippen LogP contribution in [-0.2, 0) is 0 Å². The Bertz CT molecular complexity index is 2650. The third kappa shape index (κ3) is 12.2. The number of rotatable bonds is 13. The summed E-state index contributed by atoms with van der Waals surface area (Å²) in [6.45, 7) is 0. The van der Waals surface area contributed by atoms with Crippen LogP contribution in [0.15, 0.2) is 118 Å². The first-order chi connectivity index (χ1) is 30.1. The lowest BCUT2D eigenvalue weighted by molar-refractivity contribution is -0.385. The number of nitrogens with zero attached hydrogens (tertiary/aromatic N) is 2. The van der Waals surface area contributed by atoms with Crippen LogP contribution in [0.1, 0.15) is 20.7 Å². The number of nitro benzene ring substituents is 2. The largest absolute Gasteiger partial charge is 0.493 e. The number of anilines is 2. The van der Waals surface area contributed by atoms with Crippen molar-refractivity contribution in [1.29, 1.82) is 0 Å². The smallest absolute Gasteiger partial charge is 0.271 e. The molecule has 0 aliphatic heterocycles. The molecule has 0 aliphatic rings. The van der Waals surface area contributed by atoms with Gasteiger partial charge in [-0.2, -0.15) is 0 Å². The number of halogens is 3. The van der Waals surface area contributed by atoms with E-state index >= 15 is 0 Å². The molecule has 0 fully saturated rings. The molecule has 0 unspecified atom stereocenters. The number of carbonyl (C=O) groups excluding carboxylic acids is 2. The molecular weight excluding hydrogens is 972 g/mol. The first-order valence-electron chi connectivity index (χ1n) is 18.1. The summed E-state index contributed by atoms with van der Waals surface area (Å²) in [7, 11) is 9.24. The summed E-state index contributed by atoms with van der Waals surface area (Å²) in [5, 5.41) is 23.4. The van der Waals surface area contributed by atoms with E-state index in [9.17, 15) is 29.8 Å². The molecule has 16 nitrogen and oxygen atoms in total. The second kappa shape index (κ2) is 22.8. The van der Waals surface area contributed by atoms with Crippen LogP contribution in [0, 0.1) is 20.2 Å². The molecule has 328 valence electrons. The fourth-order valence-electron chi connectivity index (χ4n) is 5.86. The third-order valence-electron chi connectivity index (χ3n) is 8.84. The molecule has 0 atom stereocenters. The Balaban J connectivity index is 0.000000233. The van der Waals surface area contributed by atoms with Crippen LogP contribution in [0.4, 0.5) is 22.7 Å². The van der Waals surface area contributed by atoms with Crippen LogP contribution in [0.3, 0.4) is 0 Å². The second-order valence-corrected chi connectivity index (χ2v) is 14.6. The average Bonchev–Trinajstić information content (AvgIpc) is 3.29. The van der Waals surface area contributed by atoms with E-state index in [2.05, 4.69) is 37.2 Å². The molecule has 63 heavy (non-hydrogen) atoms. The molecule has 6 aromatic carbocycles. The predicted molar refractivity (Wildman–Crippen MR) is 247 cm³/mol. The maximum absolute atomic E-state index is 12.8. The van der Waals surface area contributed by atoms with Gasteiger partial charge in [0, 0.05) is 55.5 Å². The zero-order chi connectivity index (χ0) is 46.4. The van der Waals surface area contributed by atoms with Gasteiger partial charge in [-0.1, -0.05) is 30.3 Å². The van der Waals surface area contributed by atoms with Crippen molar-refractivity contribution in [2.24, 2.45) is 0 Å². The van der Waals surface area contributed by atoms with E-state index in [4.69, 9.17) is 45.8 Å². The molecule has 19 heteroatoms. The van der Waals surface area contributed by atoms with E-state index in [1.54, 1.807) is 75.9 Å². The number of methoxy groups -OCH3 is 6. The highest BCUT2D eigenvalue weighted by molar-refractivity contribution is 9.11. The Morgan fingerprint density at radius 2 is 1.02 bits per heavy atom. The quantitative estimate of drug-likeness (QED) is 0.0477. The van der Waals surface area contributed by atoms with Gasteiger partial charge in [0.1, 0.15) is 0 Å². The van der Waals surface area contributed by atoms with Gasteiger partial charge in [0.2, 0.25) is 11.5 Å². The highest BCUT2D eigenvalue weighted by Crippen LogP contribution is 2.45. The number of hydrogen-bond donors (Lipinski definition) is 2. The highest BCUT2D eigenvalue weighted by atomic mass is 79.9. The van der Waals surface area contributed by atoms with E-state index in [0.29, 0.717) is 71.5 Å². The molecule has 3 N–H and O–H groups in total. The predicted octanol–water partition coefficient (Wildman–Crippen LogP) is 11.0. The van der Waals surface area contributed by atoms with Gasteiger partial charge in [-0.3, -0.25) is 29.8 Å². The standard InChI is InChI=1S/C22H19BrN2O6.C16H15ClO4.C6H5BrN2O2/c1-29-19-10-8-16(20(30-2)21(19)31-3)13-5-4-6-14(11-13)22(26)24-18-12-15(25(27)28)7-9-17(18)23;1-19-13-8-7-12(14(20-2)15(13)21-3)10-5-4-6-11(9-10)16(17)18;7-5-2-1-4(9(10)11)3-6(5)8/h4-12H,1-3H3,(H,24,26);4-9H,1-3H3;1-3H,8H2. The SMILES string of the molecule is COc1ccc(-c2cccc(C(=O)Cl)c2)c(OC)c1OC.COc1ccc(-c2cccc(C(=O)Nc3cc([N+](=O)[O-])ccc3Br)c2)c(OC)c1OC.Nc1cc([N+](=O)[O-])ccc1Br. The molecule has 1 amide bonds. The zero-order valence-electron chi connectivity index (χ0n) is 34.4. The number of non-ortho nitro benzene ring substituents is 2. The molecule has 0 bridgehead atoms. The topological polar surface area (TPSA) is 214 Å².